The molecule has 1 rings (SSSR count). The van der Waals surface area contributed by atoms with Gasteiger partial charge in [0.25, 0.3) is 0 Å². The molecule has 13 N–H and O–H groups in total. The summed E-state index contributed by atoms with van der Waals surface area (Å²) in [7, 11) is 0. The summed E-state index contributed by atoms with van der Waals surface area (Å²) in [6.07, 6.45) is -0.274. The van der Waals surface area contributed by atoms with Crippen molar-refractivity contribution in [1.29, 1.82) is 0 Å². The molecule has 0 fully saturated rings. The third-order valence-electron chi connectivity index (χ3n) is 8.63. The van der Waals surface area contributed by atoms with Gasteiger partial charge in [-0.1, -0.05) is 53.7 Å². The number of phenols is 1. The first-order valence-electron chi connectivity index (χ1n) is 19.1. The maximum Gasteiger partial charge on any atom is 0.326 e. The quantitative estimate of drug-likeness (QED) is 0.0512. The SMILES string of the molecule is CC(C)C[C@H](NC(=O)[C@@H](NC(=O)[C@H](C)NC(=O)CNC(=O)[C@H](Cc1ccc(O)cc1)NC(=O)[C@H](CC(C)C)NC(=O)[C@H](CCC(N)=O)NC(=O)CN)C(C)C)C(=O)O. The number of carbonyl (C=O) groups is 9. The molecule has 58 heavy (non-hydrogen) atoms. The molecular formula is C38H61N9O11. The second-order valence-electron chi connectivity index (χ2n) is 15.2. The molecule has 20 nitrogen and oxygen atoms in total. The normalized spacial score (nSPS) is 14.2. The van der Waals surface area contributed by atoms with Gasteiger partial charge in [0.1, 0.15) is 42.0 Å². The van der Waals surface area contributed by atoms with Crippen molar-refractivity contribution in [3.63, 3.8) is 0 Å². The van der Waals surface area contributed by atoms with Gasteiger partial charge in [-0.2, -0.15) is 0 Å². The summed E-state index contributed by atoms with van der Waals surface area (Å²) in [5, 5.41) is 36.7. The van der Waals surface area contributed by atoms with E-state index < -0.39 is 108 Å². The fraction of sp³-hybridized carbons (Fsp3) is 0.605. The molecule has 0 radical (unpaired) electrons. The lowest BCUT2D eigenvalue weighted by atomic mass is 10.00. The number of carboxylic acid groups (broad SMARTS) is 1. The summed E-state index contributed by atoms with van der Waals surface area (Å²) in [5.41, 5.74) is 11.1. The van der Waals surface area contributed by atoms with Crippen molar-refractivity contribution < 1.29 is 53.4 Å². The third-order valence-corrected chi connectivity index (χ3v) is 8.63. The lowest BCUT2D eigenvalue weighted by Gasteiger charge is -2.26. The molecule has 0 aliphatic carbocycles. The van der Waals surface area contributed by atoms with E-state index in [9.17, 15) is 53.4 Å². The van der Waals surface area contributed by atoms with E-state index in [0.29, 0.717) is 5.56 Å². The topological polar surface area (TPSA) is 330 Å². The lowest BCUT2D eigenvalue weighted by molar-refractivity contribution is -0.143. The molecule has 0 aromatic heterocycles. The highest BCUT2D eigenvalue weighted by Crippen LogP contribution is 2.13. The number of nitrogens with two attached hydrogens (primary N) is 2. The van der Waals surface area contributed by atoms with Crippen LogP contribution in [0.1, 0.15) is 79.7 Å². The van der Waals surface area contributed by atoms with E-state index in [2.05, 4.69) is 37.2 Å². The van der Waals surface area contributed by atoms with E-state index in [1.54, 1.807) is 41.5 Å². The predicted octanol–water partition coefficient (Wildman–Crippen LogP) is -1.96. The number of hydrogen-bond donors (Lipinski definition) is 11. The van der Waals surface area contributed by atoms with Crippen LogP contribution in [0, 0.1) is 17.8 Å². The van der Waals surface area contributed by atoms with Crippen molar-refractivity contribution in [3.8, 4) is 5.75 Å². The zero-order valence-corrected chi connectivity index (χ0v) is 34.2. The average Bonchev–Trinajstić information content (AvgIpc) is 3.13. The van der Waals surface area contributed by atoms with E-state index in [-0.39, 0.29) is 49.7 Å². The number of carboxylic acids is 1. The molecule has 6 atom stereocenters. The first-order valence-corrected chi connectivity index (χ1v) is 19.1. The van der Waals surface area contributed by atoms with Crippen LogP contribution < -0.4 is 48.7 Å². The number of aromatic hydroxyl groups is 1. The van der Waals surface area contributed by atoms with Gasteiger partial charge in [-0.05, 0) is 61.6 Å². The standard InChI is InChI=1S/C38H61N9O11/c1-19(2)14-26(44-35(54)25(12-13-29(40)49)43-30(50)17-39)36(55)45-27(16-23-8-10-24(48)11-9-23)34(53)41-18-31(51)42-22(7)33(52)47-32(21(5)6)37(56)46-28(38(57)58)15-20(3)4/h8-11,19-22,25-28,32,48H,12-18,39H2,1-7H3,(H2,40,49)(H,41,53)(H,42,51)(H,43,50)(H,44,54)(H,45,55)(H,46,56)(H,47,52)(H,57,58)/t22-,25-,26-,27-,28-,32-/m0/s1. The maximum atomic E-state index is 13.7. The van der Waals surface area contributed by atoms with Gasteiger partial charge in [-0.15, -0.1) is 0 Å². The Morgan fingerprint density at radius 2 is 1.16 bits per heavy atom. The highest BCUT2D eigenvalue weighted by atomic mass is 16.4. The smallest absolute Gasteiger partial charge is 0.326 e. The van der Waals surface area contributed by atoms with E-state index in [0.717, 1.165) is 0 Å². The molecule has 324 valence electrons. The Kier molecular flexibility index (Phi) is 21.4. The zero-order valence-electron chi connectivity index (χ0n) is 34.2. The zero-order chi connectivity index (χ0) is 44.3. The molecule has 0 unspecified atom stereocenters. The highest BCUT2D eigenvalue weighted by molar-refractivity contribution is 5.96. The van der Waals surface area contributed by atoms with Crippen LogP contribution in [0.5, 0.6) is 5.75 Å². The first-order chi connectivity index (χ1) is 27.0. The largest absolute Gasteiger partial charge is 0.508 e. The number of amides is 8. The summed E-state index contributed by atoms with van der Waals surface area (Å²) in [6.45, 7) is 10.7. The lowest BCUT2D eigenvalue weighted by Crippen LogP contribution is -2.58. The summed E-state index contributed by atoms with van der Waals surface area (Å²) in [5.74, 6) is -7.96. The molecule has 0 aliphatic heterocycles. The third kappa shape index (κ3) is 18.9. The van der Waals surface area contributed by atoms with Crippen LogP contribution in [0.25, 0.3) is 0 Å². The number of nitrogens with one attached hydrogen (secondary N) is 7. The minimum atomic E-state index is -1.32. The Labute approximate surface area is 338 Å². The molecule has 20 heteroatoms. The van der Waals surface area contributed by atoms with Gasteiger partial charge in [-0.3, -0.25) is 38.4 Å². The fourth-order valence-electron chi connectivity index (χ4n) is 5.55. The number of hydrogen-bond acceptors (Lipinski definition) is 11. The second kappa shape index (κ2) is 24.8. The molecule has 1 aromatic rings. The van der Waals surface area contributed by atoms with Crippen LogP contribution in [0.4, 0.5) is 0 Å². The van der Waals surface area contributed by atoms with Crippen LogP contribution in [-0.4, -0.2) is 113 Å². The van der Waals surface area contributed by atoms with Crippen LogP contribution in [-0.2, 0) is 49.6 Å². The van der Waals surface area contributed by atoms with Crippen molar-refractivity contribution in [1.82, 2.24) is 37.2 Å². The van der Waals surface area contributed by atoms with Crippen molar-refractivity contribution in [2.45, 2.75) is 117 Å². The van der Waals surface area contributed by atoms with E-state index in [1.807, 2.05) is 0 Å². The van der Waals surface area contributed by atoms with Gasteiger partial charge in [0.15, 0.2) is 0 Å². The van der Waals surface area contributed by atoms with Crippen LogP contribution in [0.15, 0.2) is 24.3 Å². The van der Waals surface area contributed by atoms with Crippen LogP contribution in [0.3, 0.4) is 0 Å². The van der Waals surface area contributed by atoms with Crippen molar-refractivity contribution >= 4 is 53.2 Å². The number of benzene rings is 1. The first kappa shape index (κ1) is 50.2. The number of aliphatic carboxylic acids is 1. The molecular weight excluding hydrogens is 758 g/mol. The van der Waals surface area contributed by atoms with E-state index in [1.165, 1.54) is 31.2 Å². The van der Waals surface area contributed by atoms with Crippen molar-refractivity contribution in [2.75, 3.05) is 13.1 Å². The summed E-state index contributed by atoms with van der Waals surface area (Å²) >= 11 is 0. The molecule has 0 aliphatic rings. The maximum absolute atomic E-state index is 13.7. The molecule has 0 saturated heterocycles. The number of carbonyl (C=O) groups excluding carboxylic acids is 8. The van der Waals surface area contributed by atoms with Crippen LogP contribution in [0.2, 0.25) is 0 Å². The second-order valence-corrected chi connectivity index (χ2v) is 15.2. The van der Waals surface area contributed by atoms with Crippen molar-refractivity contribution in [2.24, 2.45) is 29.2 Å². The van der Waals surface area contributed by atoms with E-state index in [4.69, 9.17) is 11.5 Å². The molecule has 8 amide bonds. The summed E-state index contributed by atoms with van der Waals surface area (Å²) in [6, 6.07) is -1.51. The van der Waals surface area contributed by atoms with Gasteiger partial charge in [-0.25, -0.2) is 4.79 Å². The van der Waals surface area contributed by atoms with E-state index >= 15 is 0 Å². The van der Waals surface area contributed by atoms with Gasteiger partial charge in [0.2, 0.25) is 47.3 Å². The molecule has 0 bridgehead atoms. The van der Waals surface area contributed by atoms with Crippen LogP contribution >= 0.6 is 0 Å². The highest BCUT2D eigenvalue weighted by Gasteiger charge is 2.32. The Bertz CT molecular complexity index is 1600. The van der Waals surface area contributed by atoms with Gasteiger partial charge >= 0.3 is 5.97 Å². The average molecular weight is 820 g/mol. The minimum absolute atomic E-state index is 0.0313. The predicted molar refractivity (Wildman–Crippen MR) is 211 cm³/mol. The molecule has 0 heterocycles. The number of primary amides is 1. The van der Waals surface area contributed by atoms with Gasteiger partial charge < -0.3 is 58.9 Å². The number of rotatable bonds is 25. The Balaban J connectivity index is 3.12. The fourth-order valence-corrected chi connectivity index (χ4v) is 5.55. The molecule has 0 saturated carbocycles. The summed E-state index contributed by atoms with van der Waals surface area (Å²) < 4.78 is 0. The minimum Gasteiger partial charge on any atom is -0.508 e. The van der Waals surface area contributed by atoms with Gasteiger partial charge in [0.05, 0.1) is 13.1 Å². The molecule has 0 spiro atoms. The summed E-state index contributed by atoms with van der Waals surface area (Å²) in [4.78, 5) is 115. The Morgan fingerprint density at radius 3 is 1.67 bits per heavy atom. The Hall–Kier alpha value is -5.79. The molecule has 1 aromatic carbocycles. The Morgan fingerprint density at radius 1 is 0.621 bits per heavy atom. The number of phenolic OH excluding ortho intramolecular Hbond substituents is 1. The van der Waals surface area contributed by atoms with Crippen molar-refractivity contribution in [3.05, 3.63) is 29.8 Å². The van der Waals surface area contributed by atoms with Gasteiger partial charge in [0, 0.05) is 12.8 Å². The monoisotopic (exact) mass is 819 g/mol.